The molecule has 0 spiro atoms. The van der Waals surface area contributed by atoms with E-state index >= 15 is 0 Å². The van der Waals surface area contributed by atoms with Crippen molar-refractivity contribution in [1.29, 1.82) is 0 Å². The molecule has 1 saturated heterocycles. The van der Waals surface area contributed by atoms with E-state index in [1.165, 1.54) is 5.56 Å². The minimum atomic E-state index is 0.509. The van der Waals surface area contributed by atoms with E-state index in [0.29, 0.717) is 18.1 Å². The molecule has 0 saturated carbocycles. The predicted octanol–water partition coefficient (Wildman–Crippen LogP) is 3.47. The van der Waals surface area contributed by atoms with E-state index in [2.05, 4.69) is 43.1 Å². The molecular weight excluding hydrogens is 244 g/mol. The van der Waals surface area contributed by atoms with Gasteiger partial charge in [0.1, 0.15) is 0 Å². The van der Waals surface area contributed by atoms with Crippen LogP contribution in [0.3, 0.4) is 0 Å². The zero-order valence-electron chi connectivity index (χ0n) is 11.5. The van der Waals surface area contributed by atoms with Gasteiger partial charge in [0.15, 0.2) is 0 Å². The van der Waals surface area contributed by atoms with E-state index in [0.717, 1.165) is 24.5 Å². The number of hydrogen-bond donors (Lipinski definition) is 1. The fourth-order valence-corrected chi connectivity index (χ4v) is 3.14. The van der Waals surface area contributed by atoms with Gasteiger partial charge < -0.3 is 5.32 Å². The summed E-state index contributed by atoms with van der Waals surface area (Å²) in [6.45, 7) is 9.02. The Kier molecular flexibility index (Phi) is 4.66. The average Bonchev–Trinajstić information content (AvgIpc) is 2.31. The fourth-order valence-electron chi connectivity index (χ4n) is 3.01. The zero-order chi connectivity index (χ0) is 13.1. The van der Waals surface area contributed by atoms with Crippen LogP contribution in [0.4, 0.5) is 0 Å². The molecule has 0 bridgehead atoms. The van der Waals surface area contributed by atoms with Gasteiger partial charge in [0.05, 0.1) is 0 Å². The Morgan fingerprint density at radius 3 is 2.28 bits per heavy atom. The van der Waals surface area contributed by atoms with Crippen molar-refractivity contribution in [1.82, 2.24) is 10.2 Å². The standard InChI is InChI=1S/C15H23ClN2/c1-4-15(13-5-7-14(16)8-6-13)18-9-11(2)17-12(3)10-18/h5-8,11-12,15,17H,4,9-10H2,1-3H3. The molecule has 0 amide bonds. The molecular formula is C15H23ClN2. The smallest absolute Gasteiger partial charge is 0.0406 e. The van der Waals surface area contributed by atoms with Crippen LogP contribution in [0.15, 0.2) is 24.3 Å². The van der Waals surface area contributed by atoms with E-state index in [4.69, 9.17) is 11.6 Å². The molecule has 1 aliphatic heterocycles. The molecule has 1 aromatic rings. The van der Waals surface area contributed by atoms with E-state index in [9.17, 15) is 0 Å². The Bertz CT molecular complexity index is 367. The SMILES string of the molecule is CCC(c1ccc(Cl)cc1)N1CC(C)NC(C)C1. The lowest BCUT2D eigenvalue weighted by atomic mass is 10.00. The van der Waals surface area contributed by atoms with Gasteiger partial charge in [-0.05, 0) is 38.0 Å². The van der Waals surface area contributed by atoms with Crippen LogP contribution in [0.5, 0.6) is 0 Å². The second kappa shape index (κ2) is 6.05. The quantitative estimate of drug-likeness (QED) is 0.901. The van der Waals surface area contributed by atoms with Gasteiger partial charge in [-0.15, -0.1) is 0 Å². The number of benzene rings is 1. The van der Waals surface area contributed by atoms with Crippen LogP contribution in [0.2, 0.25) is 5.02 Å². The lowest BCUT2D eigenvalue weighted by Gasteiger charge is -2.41. The summed E-state index contributed by atoms with van der Waals surface area (Å²) in [5, 5.41) is 4.40. The van der Waals surface area contributed by atoms with E-state index in [-0.39, 0.29) is 0 Å². The molecule has 2 rings (SSSR count). The van der Waals surface area contributed by atoms with Crippen molar-refractivity contribution in [2.45, 2.75) is 45.3 Å². The van der Waals surface area contributed by atoms with Gasteiger partial charge >= 0.3 is 0 Å². The third kappa shape index (κ3) is 3.25. The maximum absolute atomic E-state index is 5.97. The molecule has 0 aliphatic carbocycles. The maximum Gasteiger partial charge on any atom is 0.0406 e. The molecule has 1 fully saturated rings. The summed E-state index contributed by atoms with van der Waals surface area (Å²) >= 11 is 5.97. The first-order valence-corrected chi connectivity index (χ1v) is 7.23. The molecule has 1 aliphatic rings. The Morgan fingerprint density at radius 1 is 1.22 bits per heavy atom. The van der Waals surface area contributed by atoms with E-state index < -0.39 is 0 Å². The van der Waals surface area contributed by atoms with Gasteiger partial charge in [-0.2, -0.15) is 0 Å². The normalized spacial score (nSPS) is 27.1. The topological polar surface area (TPSA) is 15.3 Å². The van der Waals surface area contributed by atoms with E-state index in [1.807, 2.05) is 12.1 Å². The summed E-state index contributed by atoms with van der Waals surface area (Å²) in [5.41, 5.74) is 1.38. The molecule has 0 aromatic heterocycles. The third-order valence-electron chi connectivity index (χ3n) is 3.67. The second-order valence-corrected chi connectivity index (χ2v) is 5.83. The monoisotopic (exact) mass is 266 g/mol. The van der Waals surface area contributed by atoms with Crippen molar-refractivity contribution in [3.8, 4) is 0 Å². The summed E-state index contributed by atoms with van der Waals surface area (Å²) in [7, 11) is 0. The number of nitrogens with zero attached hydrogens (tertiary/aromatic N) is 1. The van der Waals surface area contributed by atoms with Crippen LogP contribution >= 0.6 is 11.6 Å². The minimum Gasteiger partial charge on any atom is -0.309 e. The summed E-state index contributed by atoms with van der Waals surface area (Å²) in [5.74, 6) is 0. The molecule has 100 valence electrons. The number of piperazine rings is 1. The molecule has 2 nitrogen and oxygen atoms in total. The van der Waals surface area contributed by atoms with Gasteiger partial charge in [0.25, 0.3) is 0 Å². The highest BCUT2D eigenvalue weighted by atomic mass is 35.5. The molecule has 1 N–H and O–H groups in total. The first-order chi connectivity index (χ1) is 8.60. The Balaban J connectivity index is 2.14. The van der Waals surface area contributed by atoms with Crippen molar-refractivity contribution in [3.63, 3.8) is 0 Å². The number of nitrogens with one attached hydrogen (secondary N) is 1. The van der Waals surface area contributed by atoms with Crippen molar-refractivity contribution >= 4 is 11.6 Å². The number of halogens is 1. The van der Waals surface area contributed by atoms with Crippen molar-refractivity contribution in [3.05, 3.63) is 34.9 Å². The highest BCUT2D eigenvalue weighted by Crippen LogP contribution is 2.27. The lowest BCUT2D eigenvalue weighted by molar-refractivity contribution is 0.119. The van der Waals surface area contributed by atoms with Crippen molar-refractivity contribution in [2.75, 3.05) is 13.1 Å². The van der Waals surface area contributed by atoms with Crippen LogP contribution in [-0.2, 0) is 0 Å². The first kappa shape index (κ1) is 13.9. The van der Waals surface area contributed by atoms with Gasteiger partial charge in [-0.1, -0.05) is 30.7 Å². The summed E-state index contributed by atoms with van der Waals surface area (Å²) in [4.78, 5) is 2.59. The molecule has 1 heterocycles. The van der Waals surface area contributed by atoms with Crippen LogP contribution in [0.25, 0.3) is 0 Å². The maximum atomic E-state index is 5.97. The summed E-state index contributed by atoms with van der Waals surface area (Å²) in [6.07, 6.45) is 1.14. The Labute approximate surface area is 115 Å². The molecule has 3 heteroatoms. The number of hydrogen-bond acceptors (Lipinski definition) is 2. The van der Waals surface area contributed by atoms with Gasteiger partial charge in [-0.25, -0.2) is 0 Å². The van der Waals surface area contributed by atoms with Gasteiger partial charge in [0.2, 0.25) is 0 Å². The van der Waals surface area contributed by atoms with Crippen LogP contribution in [-0.4, -0.2) is 30.1 Å². The first-order valence-electron chi connectivity index (χ1n) is 6.85. The highest BCUT2D eigenvalue weighted by molar-refractivity contribution is 6.30. The predicted molar refractivity (Wildman–Crippen MR) is 78.1 cm³/mol. The van der Waals surface area contributed by atoms with Crippen LogP contribution in [0.1, 0.15) is 38.8 Å². The van der Waals surface area contributed by atoms with Gasteiger partial charge in [-0.3, -0.25) is 4.90 Å². The number of rotatable bonds is 3. The molecule has 0 radical (unpaired) electrons. The van der Waals surface area contributed by atoms with Crippen molar-refractivity contribution < 1.29 is 0 Å². The molecule has 1 aromatic carbocycles. The van der Waals surface area contributed by atoms with E-state index in [1.54, 1.807) is 0 Å². The fraction of sp³-hybridized carbons (Fsp3) is 0.600. The molecule has 18 heavy (non-hydrogen) atoms. The van der Waals surface area contributed by atoms with Gasteiger partial charge in [0, 0.05) is 36.2 Å². The van der Waals surface area contributed by atoms with Crippen molar-refractivity contribution in [2.24, 2.45) is 0 Å². The minimum absolute atomic E-state index is 0.509. The Morgan fingerprint density at radius 2 is 1.78 bits per heavy atom. The van der Waals surface area contributed by atoms with Crippen LogP contribution in [0, 0.1) is 0 Å². The molecule has 3 unspecified atom stereocenters. The average molecular weight is 267 g/mol. The largest absolute Gasteiger partial charge is 0.309 e. The summed E-state index contributed by atoms with van der Waals surface area (Å²) in [6, 6.07) is 9.95. The third-order valence-corrected chi connectivity index (χ3v) is 3.92. The Hall–Kier alpha value is -0.570. The lowest BCUT2D eigenvalue weighted by Crippen LogP contribution is -2.54. The highest BCUT2D eigenvalue weighted by Gasteiger charge is 2.26. The second-order valence-electron chi connectivity index (χ2n) is 5.40. The van der Waals surface area contributed by atoms with Crippen LogP contribution < -0.4 is 5.32 Å². The zero-order valence-corrected chi connectivity index (χ0v) is 12.2. The molecule has 3 atom stereocenters. The summed E-state index contributed by atoms with van der Waals surface area (Å²) < 4.78 is 0.